The van der Waals surface area contributed by atoms with Crippen molar-refractivity contribution in [1.82, 2.24) is 9.88 Å². The highest BCUT2D eigenvalue weighted by atomic mass is 16.5. The first kappa shape index (κ1) is 19.6. The number of hydrogen-bond acceptors (Lipinski definition) is 4. The molecular weight excluding hydrogens is 332 g/mol. The molecule has 0 aliphatic carbocycles. The van der Waals surface area contributed by atoms with Crippen LogP contribution in [0.25, 0.3) is 0 Å². The zero-order valence-corrected chi connectivity index (χ0v) is 16.2. The van der Waals surface area contributed by atoms with Gasteiger partial charge >= 0.3 is 5.97 Å². The summed E-state index contributed by atoms with van der Waals surface area (Å²) in [7, 11) is 4.71. The summed E-state index contributed by atoms with van der Waals surface area (Å²) < 4.78 is 10.0. The predicted molar refractivity (Wildman–Crippen MR) is 99.7 cm³/mol. The molecule has 0 saturated carbocycles. The molecule has 0 spiro atoms. The summed E-state index contributed by atoms with van der Waals surface area (Å²) in [5.41, 5.74) is 3.19. The van der Waals surface area contributed by atoms with Crippen molar-refractivity contribution in [3.63, 3.8) is 0 Å². The number of ether oxygens (including phenoxy) is 2. The van der Waals surface area contributed by atoms with Crippen molar-refractivity contribution < 1.29 is 19.1 Å². The molecule has 1 atom stereocenters. The van der Waals surface area contributed by atoms with E-state index in [4.69, 9.17) is 9.47 Å². The fourth-order valence-corrected chi connectivity index (χ4v) is 2.97. The van der Waals surface area contributed by atoms with E-state index in [1.807, 2.05) is 38.1 Å². The highest BCUT2D eigenvalue weighted by Gasteiger charge is 2.27. The van der Waals surface area contributed by atoms with Crippen LogP contribution in [-0.4, -0.2) is 43.0 Å². The van der Waals surface area contributed by atoms with Crippen molar-refractivity contribution in [2.24, 2.45) is 0 Å². The monoisotopic (exact) mass is 358 g/mol. The number of aromatic amines is 1. The summed E-state index contributed by atoms with van der Waals surface area (Å²) in [6, 6.07) is 7.48. The molecule has 140 valence electrons. The zero-order valence-electron chi connectivity index (χ0n) is 16.2. The molecular formula is C20H26N2O4. The topological polar surface area (TPSA) is 71.6 Å². The van der Waals surface area contributed by atoms with Crippen molar-refractivity contribution in [2.75, 3.05) is 21.3 Å². The van der Waals surface area contributed by atoms with E-state index in [0.29, 0.717) is 28.9 Å². The molecule has 0 aliphatic heterocycles. The van der Waals surface area contributed by atoms with Crippen LogP contribution in [0.1, 0.15) is 57.6 Å². The number of amides is 1. The molecule has 2 aromatic rings. The van der Waals surface area contributed by atoms with Gasteiger partial charge in [-0.05, 0) is 43.5 Å². The molecule has 0 aliphatic rings. The second kappa shape index (κ2) is 8.08. The Labute approximate surface area is 154 Å². The maximum atomic E-state index is 13.0. The van der Waals surface area contributed by atoms with Crippen LogP contribution < -0.4 is 4.74 Å². The van der Waals surface area contributed by atoms with Crippen LogP contribution in [0.3, 0.4) is 0 Å². The van der Waals surface area contributed by atoms with Crippen LogP contribution >= 0.6 is 0 Å². The van der Waals surface area contributed by atoms with Crippen molar-refractivity contribution in [3.05, 3.63) is 52.3 Å². The van der Waals surface area contributed by atoms with Crippen LogP contribution in [-0.2, 0) is 11.2 Å². The number of benzene rings is 1. The molecule has 1 amide bonds. The van der Waals surface area contributed by atoms with Crippen LogP contribution in [0.15, 0.2) is 24.3 Å². The molecule has 0 radical (unpaired) electrons. The second-order valence-electron chi connectivity index (χ2n) is 6.19. The molecule has 0 bridgehead atoms. The predicted octanol–water partition coefficient (Wildman–Crippen LogP) is 3.51. The van der Waals surface area contributed by atoms with Crippen LogP contribution in [0.4, 0.5) is 0 Å². The van der Waals surface area contributed by atoms with Gasteiger partial charge in [-0.25, -0.2) is 4.79 Å². The maximum absolute atomic E-state index is 13.0. The Morgan fingerprint density at radius 1 is 1.19 bits per heavy atom. The van der Waals surface area contributed by atoms with Crippen LogP contribution in [0.2, 0.25) is 0 Å². The minimum atomic E-state index is -0.430. The van der Waals surface area contributed by atoms with Gasteiger partial charge in [0.05, 0.1) is 25.8 Å². The number of nitrogens with one attached hydrogen (secondary N) is 1. The average molecular weight is 358 g/mol. The van der Waals surface area contributed by atoms with Gasteiger partial charge in [-0.15, -0.1) is 0 Å². The van der Waals surface area contributed by atoms with Gasteiger partial charge in [0.25, 0.3) is 5.91 Å². The van der Waals surface area contributed by atoms with E-state index in [0.717, 1.165) is 11.3 Å². The van der Waals surface area contributed by atoms with Gasteiger partial charge in [0.1, 0.15) is 11.4 Å². The Balaban J connectivity index is 2.32. The number of methoxy groups -OCH3 is 2. The molecule has 6 heteroatoms. The molecule has 6 nitrogen and oxygen atoms in total. The highest BCUT2D eigenvalue weighted by Crippen LogP contribution is 2.26. The average Bonchev–Trinajstić information content (AvgIpc) is 3.02. The number of carbonyl (C=O) groups is 2. The lowest BCUT2D eigenvalue weighted by atomic mass is 10.1. The number of hydrogen-bond donors (Lipinski definition) is 1. The van der Waals surface area contributed by atoms with Crippen molar-refractivity contribution in [1.29, 1.82) is 0 Å². The summed E-state index contributed by atoms with van der Waals surface area (Å²) in [5.74, 6) is 0.168. The lowest BCUT2D eigenvalue weighted by molar-refractivity contribution is 0.0599. The van der Waals surface area contributed by atoms with E-state index in [9.17, 15) is 9.59 Å². The molecule has 1 N–H and O–H groups in total. The minimum Gasteiger partial charge on any atom is -0.497 e. The summed E-state index contributed by atoms with van der Waals surface area (Å²) in [6.45, 7) is 5.65. The largest absolute Gasteiger partial charge is 0.497 e. The number of aromatic nitrogens is 1. The van der Waals surface area contributed by atoms with Gasteiger partial charge in [0, 0.05) is 12.7 Å². The second-order valence-corrected chi connectivity index (χ2v) is 6.19. The molecule has 1 heterocycles. The molecule has 1 aromatic heterocycles. The fraction of sp³-hybridized carbons (Fsp3) is 0.400. The normalized spacial score (nSPS) is 11.8. The Kier molecular flexibility index (Phi) is 6.08. The summed E-state index contributed by atoms with van der Waals surface area (Å²) >= 11 is 0. The van der Waals surface area contributed by atoms with Crippen molar-refractivity contribution in [2.45, 2.75) is 33.2 Å². The van der Waals surface area contributed by atoms with Gasteiger partial charge in [0.2, 0.25) is 0 Å². The van der Waals surface area contributed by atoms with Gasteiger partial charge in [-0.1, -0.05) is 19.1 Å². The number of carbonyl (C=O) groups excluding carboxylic acids is 2. The summed E-state index contributed by atoms with van der Waals surface area (Å²) in [4.78, 5) is 29.8. The van der Waals surface area contributed by atoms with Crippen molar-refractivity contribution in [3.8, 4) is 5.75 Å². The fourth-order valence-electron chi connectivity index (χ4n) is 2.97. The third kappa shape index (κ3) is 3.59. The molecule has 26 heavy (non-hydrogen) atoms. The Morgan fingerprint density at radius 2 is 1.81 bits per heavy atom. The van der Waals surface area contributed by atoms with Gasteiger partial charge in [-0.2, -0.15) is 0 Å². The number of esters is 1. The third-order valence-corrected chi connectivity index (χ3v) is 4.78. The Hall–Kier alpha value is -2.76. The van der Waals surface area contributed by atoms with Crippen LogP contribution in [0, 0.1) is 6.92 Å². The lowest BCUT2D eigenvalue weighted by Gasteiger charge is -2.25. The molecule has 1 unspecified atom stereocenters. The maximum Gasteiger partial charge on any atom is 0.339 e. The zero-order chi connectivity index (χ0) is 19.4. The van der Waals surface area contributed by atoms with E-state index in [2.05, 4.69) is 4.98 Å². The lowest BCUT2D eigenvalue weighted by Crippen LogP contribution is -2.30. The molecule has 2 rings (SSSR count). The van der Waals surface area contributed by atoms with Gasteiger partial charge in [-0.3, -0.25) is 4.79 Å². The van der Waals surface area contributed by atoms with Crippen molar-refractivity contribution >= 4 is 11.9 Å². The number of aryl methyl sites for hydroxylation is 1. The number of nitrogens with zero attached hydrogens (tertiary/aromatic N) is 1. The minimum absolute atomic E-state index is 0.136. The van der Waals surface area contributed by atoms with E-state index in [1.165, 1.54) is 7.11 Å². The smallest absolute Gasteiger partial charge is 0.339 e. The van der Waals surface area contributed by atoms with E-state index < -0.39 is 5.97 Å². The van der Waals surface area contributed by atoms with Gasteiger partial charge < -0.3 is 19.4 Å². The van der Waals surface area contributed by atoms with E-state index in [-0.39, 0.29) is 11.9 Å². The first-order chi connectivity index (χ1) is 12.3. The molecule has 1 aromatic carbocycles. The molecule has 0 saturated heterocycles. The standard InChI is InChI=1S/C20H26N2O4/c1-7-16-17(20(24)26-6)12(2)18(21-16)19(23)22(4)13(3)14-8-10-15(25-5)11-9-14/h8-11,13,21H,7H2,1-6H3. The molecule has 0 fully saturated rings. The van der Waals surface area contributed by atoms with E-state index >= 15 is 0 Å². The first-order valence-electron chi connectivity index (χ1n) is 8.56. The Morgan fingerprint density at radius 3 is 2.31 bits per heavy atom. The SMILES string of the molecule is CCc1[nH]c(C(=O)N(C)C(C)c2ccc(OC)cc2)c(C)c1C(=O)OC. The summed E-state index contributed by atoms with van der Waals surface area (Å²) in [6.07, 6.45) is 0.607. The number of rotatable bonds is 6. The third-order valence-electron chi connectivity index (χ3n) is 4.78. The highest BCUT2D eigenvalue weighted by molar-refractivity contribution is 6.00. The van der Waals surface area contributed by atoms with E-state index in [1.54, 1.807) is 26.0 Å². The number of H-pyrrole nitrogens is 1. The van der Waals surface area contributed by atoms with Crippen LogP contribution in [0.5, 0.6) is 5.75 Å². The summed E-state index contributed by atoms with van der Waals surface area (Å²) in [5, 5.41) is 0. The first-order valence-corrected chi connectivity index (χ1v) is 8.56. The Bertz CT molecular complexity index is 793. The quantitative estimate of drug-likeness (QED) is 0.802. The van der Waals surface area contributed by atoms with Gasteiger partial charge in [0.15, 0.2) is 0 Å².